The van der Waals surface area contributed by atoms with Crippen molar-refractivity contribution < 1.29 is 13.2 Å². The summed E-state index contributed by atoms with van der Waals surface area (Å²) in [6.45, 7) is 3.52. The number of H-pyrrole nitrogens is 1. The Hall–Kier alpha value is -3.73. The van der Waals surface area contributed by atoms with E-state index in [1.165, 1.54) is 19.2 Å². The van der Waals surface area contributed by atoms with Crippen LogP contribution in [0.25, 0.3) is 22.3 Å². The number of hydrogen-bond donors (Lipinski definition) is 2. The minimum absolute atomic E-state index is 0.00103. The molecule has 0 aliphatic heterocycles. The molecule has 2 aromatic heterocycles. The van der Waals surface area contributed by atoms with Crippen molar-refractivity contribution in [1.29, 1.82) is 0 Å². The molecule has 0 amide bonds. The van der Waals surface area contributed by atoms with Gasteiger partial charge in [-0.3, -0.25) is 5.10 Å². The maximum absolute atomic E-state index is 12.4. The van der Waals surface area contributed by atoms with Crippen molar-refractivity contribution in [1.82, 2.24) is 25.1 Å². The van der Waals surface area contributed by atoms with E-state index >= 15 is 0 Å². The van der Waals surface area contributed by atoms with Gasteiger partial charge in [0.2, 0.25) is 11.9 Å². The number of nitrogens with one attached hydrogen (secondary N) is 1. The van der Waals surface area contributed by atoms with Gasteiger partial charge in [0.05, 0.1) is 34.5 Å². The predicted octanol–water partition coefficient (Wildman–Crippen LogP) is 2.88. The van der Waals surface area contributed by atoms with Crippen LogP contribution in [0.3, 0.4) is 0 Å². The van der Waals surface area contributed by atoms with Crippen molar-refractivity contribution in [3.8, 4) is 17.1 Å². The third-order valence-corrected chi connectivity index (χ3v) is 6.95. The van der Waals surface area contributed by atoms with Crippen LogP contribution < -0.4 is 15.4 Å². The maximum Gasteiger partial charge on any atom is 0.235 e. The zero-order valence-corrected chi connectivity index (χ0v) is 18.9. The quantitative estimate of drug-likeness (QED) is 0.451. The summed E-state index contributed by atoms with van der Waals surface area (Å²) in [6, 6.07) is 10.4. The van der Waals surface area contributed by atoms with Crippen molar-refractivity contribution in [2.45, 2.75) is 18.7 Å². The van der Waals surface area contributed by atoms with E-state index in [1.807, 2.05) is 25.1 Å². The molecule has 0 saturated carbocycles. The normalized spacial score (nSPS) is 11.6. The first-order valence-corrected chi connectivity index (χ1v) is 11.5. The number of rotatable bonds is 6. The van der Waals surface area contributed by atoms with Crippen molar-refractivity contribution in [2.24, 2.45) is 0 Å². The summed E-state index contributed by atoms with van der Waals surface area (Å²) in [5, 5.41) is 8.24. The molecule has 2 aromatic carbocycles. The number of hydrogen-bond acceptors (Lipinski definition) is 9. The van der Waals surface area contributed by atoms with Crippen LogP contribution in [-0.2, 0) is 9.84 Å². The van der Waals surface area contributed by atoms with Crippen LogP contribution in [0.5, 0.6) is 5.75 Å². The van der Waals surface area contributed by atoms with Crippen molar-refractivity contribution >= 4 is 38.3 Å². The lowest BCUT2D eigenvalue weighted by atomic mass is 10.2. The highest BCUT2D eigenvalue weighted by Crippen LogP contribution is 2.32. The van der Waals surface area contributed by atoms with E-state index in [-0.39, 0.29) is 22.4 Å². The van der Waals surface area contributed by atoms with Gasteiger partial charge in [-0.25, -0.2) is 8.42 Å². The average molecular weight is 454 g/mol. The van der Waals surface area contributed by atoms with E-state index in [9.17, 15) is 8.42 Å². The first-order chi connectivity index (χ1) is 15.2. The highest BCUT2D eigenvalue weighted by Gasteiger charge is 2.19. The number of nitrogens with zero attached hydrogens (tertiary/aromatic N) is 5. The van der Waals surface area contributed by atoms with Gasteiger partial charge in [0.25, 0.3) is 0 Å². The van der Waals surface area contributed by atoms with Gasteiger partial charge in [-0.15, -0.1) is 0 Å². The lowest BCUT2D eigenvalue weighted by molar-refractivity contribution is 0.415. The average Bonchev–Trinajstić information content (AvgIpc) is 3.17. The highest BCUT2D eigenvalue weighted by atomic mass is 32.2. The van der Waals surface area contributed by atoms with Crippen LogP contribution in [0, 0.1) is 6.92 Å². The zero-order chi connectivity index (χ0) is 23.0. The Kier molecular flexibility index (Phi) is 5.43. The first kappa shape index (κ1) is 21.5. The number of anilines is 3. The minimum atomic E-state index is -3.43. The monoisotopic (exact) mass is 453 g/mol. The maximum atomic E-state index is 12.4. The lowest BCUT2D eigenvalue weighted by Gasteiger charge is -2.18. The van der Waals surface area contributed by atoms with E-state index in [2.05, 4.69) is 25.1 Å². The van der Waals surface area contributed by atoms with Crippen LogP contribution in [0.4, 0.5) is 17.6 Å². The largest absolute Gasteiger partial charge is 0.496 e. The number of nitrogens with two attached hydrogens (primary N) is 1. The standard InChI is InChI=1S/C21H23N7O3S/c1-5-32(29,30)14-7-9-18(31-4)16(11-14)19-23-20(22)25-21(24-19)28(3)13-6-8-15-12(2)26-27-17(15)10-13/h6-11H,5H2,1-4H3,(H,26,27)(H2,22,23,24,25). The van der Waals surface area contributed by atoms with Crippen LogP contribution in [0.1, 0.15) is 12.6 Å². The molecule has 3 N–H and O–H groups in total. The minimum Gasteiger partial charge on any atom is -0.496 e. The molecule has 0 fully saturated rings. The molecule has 0 atom stereocenters. The van der Waals surface area contributed by atoms with Crippen LogP contribution in [-0.4, -0.2) is 53.5 Å². The Bertz CT molecular complexity index is 1420. The summed E-state index contributed by atoms with van der Waals surface area (Å²) in [5.41, 5.74) is 9.00. The topological polar surface area (TPSA) is 140 Å². The summed E-state index contributed by atoms with van der Waals surface area (Å²) in [5.74, 6) is 0.910. The Morgan fingerprint density at radius 3 is 2.62 bits per heavy atom. The molecule has 4 aromatic rings. The molecule has 10 nitrogen and oxygen atoms in total. The zero-order valence-electron chi connectivity index (χ0n) is 18.1. The Labute approximate surface area is 185 Å². The van der Waals surface area contributed by atoms with E-state index in [0.29, 0.717) is 17.3 Å². The lowest BCUT2D eigenvalue weighted by Crippen LogP contribution is -2.15. The van der Waals surface area contributed by atoms with Crippen LogP contribution in [0.2, 0.25) is 0 Å². The number of ether oxygens (including phenoxy) is 1. The van der Waals surface area contributed by atoms with E-state index in [1.54, 1.807) is 24.9 Å². The van der Waals surface area contributed by atoms with Gasteiger partial charge in [0.15, 0.2) is 15.7 Å². The summed E-state index contributed by atoms with van der Waals surface area (Å²) in [7, 11) is -0.134. The molecule has 0 aliphatic rings. The number of sulfone groups is 1. The summed E-state index contributed by atoms with van der Waals surface area (Å²) >= 11 is 0. The third kappa shape index (κ3) is 3.82. The molecular formula is C21H23N7O3S. The molecule has 166 valence electrons. The van der Waals surface area contributed by atoms with Crippen LogP contribution in [0.15, 0.2) is 41.3 Å². The SMILES string of the molecule is CCS(=O)(=O)c1ccc(OC)c(-c2nc(N)nc(N(C)c3ccc4c(C)n[nH]c4c3)n2)c1. The fourth-order valence-corrected chi connectivity index (χ4v) is 4.25. The number of fused-ring (bicyclic) bond motifs is 1. The number of methoxy groups -OCH3 is 1. The Morgan fingerprint density at radius 1 is 1.12 bits per heavy atom. The van der Waals surface area contributed by atoms with Gasteiger partial charge in [-0.2, -0.15) is 20.1 Å². The van der Waals surface area contributed by atoms with Crippen molar-refractivity contribution in [3.05, 3.63) is 42.1 Å². The second-order valence-electron chi connectivity index (χ2n) is 7.18. The van der Waals surface area contributed by atoms with Gasteiger partial charge in [-0.1, -0.05) is 6.92 Å². The van der Waals surface area contributed by atoms with Gasteiger partial charge >= 0.3 is 0 Å². The summed E-state index contributed by atoms with van der Waals surface area (Å²) in [4.78, 5) is 15.0. The Balaban J connectivity index is 1.81. The summed E-state index contributed by atoms with van der Waals surface area (Å²) < 4.78 is 30.2. The number of aromatic nitrogens is 5. The van der Waals surface area contributed by atoms with Crippen molar-refractivity contribution in [3.63, 3.8) is 0 Å². The van der Waals surface area contributed by atoms with E-state index < -0.39 is 9.84 Å². The predicted molar refractivity (Wildman–Crippen MR) is 123 cm³/mol. The molecule has 2 heterocycles. The van der Waals surface area contributed by atoms with Gasteiger partial charge in [0.1, 0.15) is 5.75 Å². The van der Waals surface area contributed by atoms with E-state index in [0.717, 1.165) is 22.3 Å². The molecule has 0 radical (unpaired) electrons. The fourth-order valence-electron chi connectivity index (χ4n) is 3.34. The molecule has 0 bridgehead atoms. The Morgan fingerprint density at radius 2 is 1.91 bits per heavy atom. The van der Waals surface area contributed by atoms with Gasteiger partial charge in [-0.05, 0) is 43.3 Å². The van der Waals surface area contributed by atoms with Crippen molar-refractivity contribution in [2.75, 3.05) is 30.5 Å². The number of aromatic amines is 1. The molecule has 11 heteroatoms. The van der Waals surface area contributed by atoms with E-state index in [4.69, 9.17) is 10.5 Å². The fraction of sp³-hybridized carbons (Fsp3) is 0.238. The van der Waals surface area contributed by atoms with Crippen LogP contribution >= 0.6 is 0 Å². The molecule has 0 spiro atoms. The summed E-state index contributed by atoms with van der Waals surface area (Å²) in [6.07, 6.45) is 0. The smallest absolute Gasteiger partial charge is 0.235 e. The van der Waals surface area contributed by atoms with Gasteiger partial charge < -0.3 is 15.4 Å². The molecular weight excluding hydrogens is 430 g/mol. The molecule has 32 heavy (non-hydrogen) atoms. The molecule has 0 unspecified atom stereocenters. The second-order valence-corrected chi connectivity index (χ2v) is 9.46. The number of benzene rings is 2. The first-order valence-electron chi connectivity index (χ1n) is 9.84. The third-order valence-electron chi connectivity index (χ3n) is 5.22. The van der Waals surface area contributed by atoms with Gasteiger partial charge in [0, 0.05) is 18.1 Å². The second kappa shape index (κ2) is 8.08. The molecule has 0 aliphatic carbocycles. The molecule has 0 saturated heterocycles. The number of aryl methyl sites for hydroxylation is 1. The number of nitrogen functional groups attached to an aromatic ring is 1. The molecule has 4 rings (SSSR count). The highest BCUT2D eigenvalue weighted by molar-refractivity contribution is 7.91.